The molecule has 0 amide bonds. The minimum Gasteiger partial charge on any atom is -0.466 e. The van der Waals surface area contributed by atoms with Gasteiger partial charge in [-0.25, -0.2) is 4.39 Å². The van der Waals surface area contributed by atoms with Crippen molar-refractivity contribution in [1.29, 1.82) is 0 Å². The molecule has 3 aromatic rings. The molecule has 4 nitrogen and oxygen atoms in total. The van der Waals surface area contributed by atoms with E-state index in [0.29, 0.717) is 19.0 Å². The van der Waals surface area contributed by atoms with Crippen LogP contribution in [0.25, 0.3) is 5.57 Å². The number of rotatable bonds is 12. The highest BCUT2D eigenvalue weighted by atomic mass is 19.1. The molecule has 206 valence electrons. The number of ether oxygens (including phenoxy) is 3. The Balaban J connectivity index is 1.44. The monoisotopic (exact) mass is 538 g/mol. The lowest BCUT2D eigenvalue weighted by atomic mass is 9.68. The van der Waals surface area contributed by atoms with E-state index in [-0.39, 0.29) is 24.1 Å². The van der Waals surface area contributed by atoms with E-state index < -0.39 is 5.79 Å². The zero-order chi connectivity index (χ0) is 28.1. The second-order valence-electron chi connectivity index (χ2n) is 10.1. The molecular formula is C35H35FO4. The molecule has 2 aliphatic rings. The van der Waals surface area contributed by atoms with E-state index in [1.54, 1.807) is 19.1 Å². The van der Waals surface area contributed by atoms with Crippen LogP contribution in [0.1, 0.15) is 62.6 Å². The van der Waals surface area contributed by atoms with Crippen molar-refractivity contribution < 1.29 is 23.4 Å². The number of benzene rings is 3. The first kappa shape index (κ1) is 27.6. The smallest absolute Gasteiger partial charge is 0.306 e. The quantitative estimate of drug-likeness (QED) is 0.133. The molecule has 0 saturated carbocycles. The predicted molar refractivity (Wildman–Crippen MR) is 155 cm³/mol. The van der Waals surface area contributed by atoms with Gasteiger partial charge in [0.05, 0.1) is 19.6 Å². The summed E-state index contributed by atoms with van der Waals surface area (Å²) in [7, 11) is 0. The fourth-order valence-corrected chi connectivity index (χ4v) is 5.51. The van der Waals surface area contributed by atoms with Crippen LogP contribution in [0.4, 0.5) is 4.39 Å². The number of unbranched alkanes of at least 4 members (excludes halogenated alkanes) is 1. The van der Waals surface area contributed by atoms with Crippen molar-refractivity contribution in [3.8, 4) is 5.75 Å². The third-order valence-corrected chi connectivity index (χ3v) is 7.53. The third kappa shape index (κ3) is 5.39. The van der Waals surface area contributed by atoms with Gasteiger partial charge in [0.15, 0.2) is 0 Å². The van der Waals surface area contributed by atoms with Gasteiger partial charge in [-0.2, -0.15) is 0 Å². The molecular weight excluding hydrogens is 503 g/mol. The van der Waals surface area contributed by atoms with Crippen LogP contribution in [-0.2, 0) is 14.3 Å². The number of halogens is 1. The molecule has 0 N–H and O–H groups in total. The Morgan fingerprint density at radius 1 is 0.900 bits per heavy atom. The highest BCUT2D eigenvalue weighted by Gasteiger charge is 2.55. The van der Waals surface area contributed by atoms with E-state index in [2.05, 4.69) is 38.1 Å². The van der Waals surface area contributed by atoms with Crippen LogP contribution in [0.5, 0.6) is 5.75 Å². The lowest BCUT2D eigenvalue weighted by molar-refractivity contribution is -0.143. The van der Waals surface area contributed by atoms with E-state index in [0.717, 1.165) is 46.3 Å². The Morgan fingerprint density at radius 3 is 2.20 bits per heavy atom. The van der Waals surface area contributed by atoms with Crippen LogP contribution < -0.4 is 4.74 Å². The van der Waals surface area contributed by atoms with E-state index in [4.69, 9.17) is 14.2 Å². The van der Waals surface area contributed by atoms with Gasteiger partial charge >= 0.3 is 5.97 Å². The summed E-state index contributed by atoms with van der Waals surface area (Å²) in [5.41, 5.74) is 7.26. The molecule has 5 rings (SSSR count). The van der Waals surface area contributed by atoms with Crippen LogP contribution >= 0.6 is 0 Å². The van der Waals surface area contributed by atoms with Crippen molar-refractivity contribution in [3.05, 3.63) is 130 Å². The van der Waals surface area contributed by atoms with E-state index in [9.17, 15) is 9.18 Å². The number of carbonyl (C=O) groups excluding carboxylic acids is 1. The second-order valence-corrected chi connectivity index (χ2v) is 10.1. The van der Waals surface area contributed by atoms with Gasteiger partial charge in [-0.3, -0.25) is 4.79 Å². The number of allylic oxidation sites excluding steroid dienone is 2. The van der Waals surface area contributed by atoms with Gasteiger partial charge in [-0.05, 0) is 72.4 Å². The summed E-state index contributed by atoms with van der Waals surface area (Å²) in [4.78, 5) is 12.4. The molecule has 2 bridgehead atoms. The normalized spacial score (nSPS) is 18.4. The first-order valence-electron chi connectivity index (χ1n) is 14.0. The fourth-order valence-electron chi connectivity index (χ4n) is 5.51. The molecule has 5 heteroatoms. The van der Waals surface area contributed by atoms with Crippen molar-refractivity contribution in [2.45, 2.75) is 51.7 Å². The average Bonchev–Trinajstić information content (AvgIpc) is 2.98. The van der Waals surface area contributed by atoms with Gasteiger partial charge in [0, 0.05) is 17.1 Å². The van der Waals surface area contributed by atoms with Gasteiger partial charge in [0.25, 0.3) is 5.79 Å². The number of fused-ring (bicyclic) bond motifs is 2. The van der Waals surface area contributed by atoms with Gasteiger partial charge < -0.3 is 14.2 Å². The SMILES string of the molecule is CCCCOC1(Oc2ccc(C(CC(=O)OCC)c3ccc(F)cc3)cc2)c2ccc(-c3ccccc3)c1c2C. The summed E-state index contributed by atoms with van der Waals surface area (Å²) in [5.74, 6) is -1.18. The molecule has 2 unspecified atom stereocenters. The zero-order valence-corrected chi connectivity index (χ0v) is 23.3. The summed E-state index contributed by atoms with van der Waals surface area (Å²) in [6, 6.07) is 24.3. The number of carbonyl (C=O) groups is 1. The van der Waals surface area contributed by atoms with Crippen molar-refractivity contribution in [2.24, 2.45) is 0 Å². The summed E-state index contributed by atoms with van der Waals surface area (Å²) in [6.45, 7) is 6.94. The number of esters is 1. The first-order valence-corrected chi connectivity index (χ1v) is 14.0. The zero-order valence-electron chi connectivity index (χ0n) is 23.3. The van der Waals surface area contributed by atoms with E-state index in [1.807, 2.05) is 42.5 Å². The molecule has 2 atom stereocenters. The maximum absolute atomic E-state index is 13.6. The standard InChI is InChI=1S/C35H35FO4/c1-4-6-22-39-35(32-21-20-30(34(35)24(32)3)25-10-8-7-9-11-25)40-29-18-14-27(15-19-29)31(23-33(37)38-5-2)26-12-16-28(36)17-13-26/h7-21,31H,4-6,22-23H2,1-3H3. The van der Waals surface area contributed by atoms with Crippen LogP contribution in [-0.4, -0.2) is 25.0 Å². The Bertz CT molecular complexity index is 1430. The lowest BCUT2D eigenvalue weighted by Crippen LogP contribution is -2.52. The third-order valence-electron chi connectivity index (χ3n) is 7.53. The number of hydrogen-bond acceptors (Lipinski definition) is 4. The van der Waals surface area contributed by atoms with Crippen molar-refractivity contribution >= 4 is 11.5 Å². The maximum Gasteiger partial charge on any atom is 0.306 e. The summed E-state index contributed by atoms with van der Waals surface area (Å²) >= 11 is 0. The van der Waals surface area contributed by atoms with Gasteiger partial charge in [0.2, 0.25) is 0 Å². The first-order chi connectivity index (χ1) is 19.5. The van der Waals surface area contributed by atoms with Crippen LogP contribution in [0, 0.1) is 5.82 Å². The largest absolute Gasteiger partial charge is 0.466 e. The molecule has 0 spiro atoms. The molecule has 0 aliphatic heterocycles. The van der Waals surface area contributed by atoms with Crippen molar-refractivity contribution in [2.75, 3.05) is 13.2 Å². The Morgan fingerprint density at radius 2 is 1.57 bits per heavy atom. The van der Waals surface area contributed by atoms with Crippen LogP contribution in [0.15, 0.2) is 108 Å². The van der Waals surface area contributed by atoms with E-state index in [1.165, 1.54) is 17.7 Å². The Hall–Kier alpha value is -3.96. The summed E-state index contributed by atoms with van der Waals surface area (Å²) < 4.78 is 32.1. The highest BCUT2D eigenvalue weighted by Crippen LogP contribution is 2.55. The highest BCUT2D eigenvalue weighted by molar-refractivity contribution is 5.92. The Labute approximate surface area is 235 Å². The molecule has 40 heavy (non-hydrogen) atoms. The summed E-state index contributed by atoms with van der Waals surface area (Å²) in [5, 5.41) is 0. The molecule has 0 heterocycles. The molecule has 2 aliphatic carbocycles. The van der Waals surface area contributed by atoms with Gasteiger partial charge in [-0.15, -0.1) is 0 Å². The second kappa shape index (κ2) is 12.1. The minimum atomic E-state index is -0.970. The number of hydrogen-bond donors (Lipinski definition) is 0. The molecule has 0 fully saturated rings. The average molecular weight is 539 g/mol. The molecule has 0 aromatic heterocycles. The van der Waals surface area contributed by atoms with Crippen molar-refractivity contribution in [1.82, 2.24) is 0 Å². The lowest BCUT2D eigenvalue weighted by Gasteiger charge is -2.49. The summed E-state index contributed by atoms with van der Waals surface area (Å²) in [6.07, 6.45) is 6.36. The molecule has 0 radical (unpaired) electrons. The maximum atomic E-state index is 13.6. The molecule has 0 saturated heterocycles. The van der Waals surface area contributed by atoms with Crippen LogP contribution in [0.3, 0.4) is 0 Å². The topological polar surface area (TPSA) is 44.8 Å². The van der Waals surface area contributed by atoms with Crippen LogP contribution in [0.2, 0.25) is 0 Å². The van der Waals surface area contributed by atoms with Gasteiger partial charge in [-0.1, -0.05) is 80.1 Å². The van der Waals surface area contributed by atoms with Gasteiger partial charge in [0.1, 0.15) is 11.6 Å². The fraction of sp³-hybridized carbons (Fsp3) is 0.286. The van der Waals surface area contributed by atoms with E-state index >= 15 is 0 Å². The minimum absolute atomic E-state index is 0.161. The van der Waals surface area contributed by atoms with Crippen molar-refractivity contribution in [3.63, 3.8) is 0 Å². The predicted octanol–water partition coefficient (Wildman–Crippen LogP) is 8.16. The molecule has 3 aromatic carbocycles. The Kier molecular flexibility index (Phi) is 8.32.